The predicted molar refractivity (Wildman–Crippen MR) is 85.3 cm³/mol. The van der Waals surface area contributed by atoms with E-state index < -0.39 is 0 Å². The summed E-state index contributed by atoms with van der Waals surface area (Å²) < 4.78 is 0. The molecule has 2 heteroatoms. The summed E-state index contributed by atoms with van der Waals surface area (Å²) in [5, 5.41) is 3.64. The minimum atomic E-state index is 0.846. The number of rotatable bonds is 5. The molecule has 1 N–H and O–H groups in total. The average Bonchev–Trinajstić information content (AvgIpc) is 3.09. The van der Waals surface area contributed by atoms with Gasteiger partial charge in [-0.1, -0.05) is 24.3 Å². The highest BCUT2D eigenvalue weighted by molar-refractivity contribution is 7.12. The molecule has 104 valence electrons. The molecule has 0 spiro atoms. The maximum atomic E-state index is 3.64. The lowest BCUT2D eigenvalue weighted by Gasteiger charge is -2.09. The van der Waals surface area contributed by atoms with Crippen molar-refractivity contribution < 1.29 is 0 Å². The first kappa shape index (κ1) is 12.6. The van der Waals surface area contributed by atoms with E-state index in [2.05, 4.69) is 35.6 Å². The fraction of sp³-hybridized carbons (Fsp3) is 0.444. The molecular formula is C18H21NS. The number of thiophene rings is 1. The lowest BCUT2D eigenvalue weighted by molar-refractivity contribution is 0.694. The van der Waals surface area contributed by atoms with Gasteiger partial charge in [0.1, 0.15) is 0 Å². The van der Waals surface area contributed by atoms with Gasteiger partial charge in [-0.15, -0.1) is 11.3 Å². The van der Waals surface area contributed by atoms with E-state index in [1.165, 1.54) is 42.5 Å². The number of aryl methyl sites for hydroxylation is 2. The summed E-state index contributed by atoms with van der Waals surface area (Å²) in [7, 11) is 0. The zero-order valence-corrected chi connectivity index (χ0v) is 12.6. The lowest BCUT2D eigenvalue weighted by atomic mass is 10.0. The molecule has 0 saturated heterocycles. The third-order valence-electron chi connectivity index (χ3n) is 4.48. The summed E-state index contributed by atoms with van der Waals surface area (Å²) in [5.74, 6) is 0.846. The molecule has 2 aromatic rings. The van der Waals surface area contributed by atoms with Crippen molar-refractivity contribution >= 4 is 11.3 Å². The van der Waals surface area contributed by atoms with Crippen LogP contribution in [0.3, 0.4) is 0 Å². The average molecular weight is 283 g/mol. The van der Waals surface area contributed by atoms with E-state index in [0.29, 0.717) is 0 Å². The molecule has 1 aromatic heterocycles. The Morgan fingerprint density at radius 3 is 2.85 bits per heavy atom. The Morgan fingerprint density at radius 1 is 1.10 bits per heavy atom. The highest BCUT2D eigenvalue weighted by Crippen LogP contribution is 2.41. The minimum Gasteiger partial charge on any atom is -0.308 e. The van der Waals surface area contributed by atoms with Crippen LogP contribution in [-0.4, -0.2) is 0 Å². The third-order valence-corrected chi connectivity index (χ3v) is 5.72. The fourth-order valence-electron chi connectivity index (χ4n) is 3.29. The van der Waals surface area contributed by atoms with Gasteiger partial charge in [-0.3, -0.25) is 0 Å². The molecule has 1 nitrogen and oxygen atoms in total. The molecule has 0 unspecified atom stereocenters. The number of fused-ring (bicyclic) bond motifs is 1. The zero-order valence-electron chi connectivity index (χ0n) is 11.8. The van der Waals surface area contributed by atoms with Gasteiger partial charge in [-0.2, -0.15) is 0 Å². The van der Waals surface area contributed by atoms with Crippen molar-refractivity contribution in [1.29, 1.82) is 0 Å². The van der Waals surface area contributed by atoms with Crippen LogP contribution in [0.2, 0.25) is 0 Å². The monoisotopic (exact) mass is 283 g/mol. The van der Waals surface area contributed by atoms with E-state index >= 15 is 0 Å². The SMILES string of the molecule is c1ccc(C2CC2)c(CNCc2cc3c(s2)CCC3)c1. The highest BCUT2D eigenvalue weighted by atomic mass is 32.1. The number of nitrogens with one attached hydrogen (secondary N) is 1. The van der Waals surface area contributed by atoms with E-state index in [-0.39, 0.29) is 0 Å². The maximum Gasteiger partial charge on any atom is 0.0303 e. The second-order valence-corrected chi connectivity index (χ2v) is 7.31. The van der Waals surface area contributed by atoms with Crippen LogP contribution in [0, 0.1) is 0 Å². The lowest BCUT2D eigenvalue weighted by Crippen LogP contribution is -2.13. The molecule has 0 amide bonds. The molecule has 0 radical (unpaired) electrons. The summed E-state index contributed by atoms with van der Waals surface area (Å²) in [4.78, 5) is 3.15. The summed E-state index contributed by atoms with van der Waals surface area (Å²) in [6.45, 7) is 2.03. The molecule has 2 aliphatic rings. The van der Waals surface area contributed by atoms with Crippen molar-refractivity contribution in [2.24, 2.45) is 0 Å². The van der Waals surface area contributed by atoms with Crippen molar-refractivity contribution in [1.82, 2.24) is 5.32 Å². The van der Waals surface area contributed by atoms with Crippen molar-refractivity contribution in [3.63, 3.8) is 0 Å². The van der Waals surface area contributed by atoms with Gasteiger partial charge in [0.05, 0.1) is 0 Å². The van der Waals surface area contributed by atoms with Gasteiger partial charge in [-0.25, -0.2) is 0 Å². The largest absolute Gasteiger partial charge is 0.308 e. The van der Waals surface area contributed by atoms with E-state index in [9.17, 15) is 0 Å². The Morgan fingerprint density at radius 2 is 2.00 bits per heavy atom. The first-order chi connectivity index (χ1) is 9.90. The number of benzene rings is 1. The normalized spacial score (nSPS) is 17.4. The van der Waals surface area contributed by atoms with Gasteiger partial charge in [0.25, 0.3) is 0 Å². The van der Waals surface area contributed by atoms with Crippen molar-refractivity contribution in [2.45, 2.75) is 51.1 Å². The molecule has 0 atom stereocenters. The predicted octanol–water partition coefficient (Wildman–Crippen LogP) is 4.40. The Labute approximate surface area is 125 Å². The van der Waals surface area contributed by atoms with Crippen molar-refractivity contribution in [3.8, 4) is 0 Å². The fourth-order valence-corrected chi connectivity index (χ4v) is 4.52. The Kier molecular flexibility index (Phi) is 3.37. The highest BCUT2D eigenvalue weighted by Gasteiger charge is 2.25. The Balaban J connectivity index is 1.38. The standard InChI is InChI=1S/C18H21NS/c1-2-6-17(13-8-9-13)15(4-1)11-19-12-16-10-14-5-3-7-18(14)20-16/h1-2,4,6,10,13,19H,3,5,7-9,11-12H2. The molecule has 1 heterocycles. The van der Waals surface area contributed by atoms with Gasteiger partial charge >= 0.3 is 0 Å². The summed E-state index contributed by atoms with van der Waals surface area (Å²) >= 11 is 2.02. The van der Waals surface area contributed by atoms with Gasteiger partial charge in [0, 0.05) is 22.8 Å². The van der Waals surface area contributed by atoms with E-state index in [0.717, 1.165) is 19.0 Å². The van der Waals surface area contributed by atoms with Crippen LogP contribution in [-0.2, 0) is 25.9 Å². The number of hydrogen-bond acceptors (Lipinski definition) is 2. The quantitative estimate of drug-likeness (QED) is 0.857. The smallest absolute Gasteiger partial charge is 0.0303 e. The minimum absolute atomic E-state index is 0.846. The first-order valence-electron chi connectivity index (χ1n) is 7.79. The molecule has 2 aliphatic carbocycles. The van der Waals surface area contributed by atoms with Crippen LogP contribution in [0.15, 0.2) is 30.3 Å². The van der Waals surface area contributed by atoms with Crippen molar-refractivity contribution in [3.05, 3.63) is 56.8 Å². The van der Waals surface area contributed by atoms with Gasteiger partial charge < -0.3 is 5.32 Å². The van der Waals surface area contributed by atoms with E-state index in [1.54, 1.807) is 16.0 Å². The molecule has 1 saturated carbocycles. The van der Waals surface area contributed by atoms with E-state index in [1.807, 2.05) is 11.3 Å². The van der Waals surface area contributed by atoms with Crippen LogP contribution in [0.25, 0.3) is 0 Å². The molecule has 20 heavy (non-hydrogen) atoms. The van der Waals surface area contributed by atoms with Crippen LogP contribution in [0.5, 0.6) is 0 Å². The Bertz CT molecular complexity index is 588. The summed E-state index contributed by atoms with van der Waals surface area (Å²) in [6.07, 6.45) is 6.74. The molecular weight excluding hydrogens is 262 g/mol. The van der Waals surface area contributed by atoms with Gasteiger partial charge in [0.2, 0.25) is 0 Å². The number of hydrogen-bond donors (Lipinski definition) is 1. The first-order valence-corrected chi connectivity index (χ1v) is 8.61. The van der Waals surface area contributed by atoms with Gasteiger partial charge in [-0.05, 0) is 60.8 Å². The zero-order chi connectivity index (χ0) is 13.4. The van der Waals surface area contributed by atoms with E-state index in [4.69, 9.17) is 0 Å². The molecule has 0 aliphatic heterocycles. The summed E-state index contributed by atoms with van der Waals surface area (Å²) in [6, 6.07) is 11.4. The van der Waals surface area contributed by atoms with Crippen LogP contribution >= 0.6 is 11.3 Å². The molecule has 0 bridgehead atoms. The second-order valence-electron chi connectivity index (χ2n) is 6.09. The van der Waals surface area contributed by atoms with Crippen LogP contribution < -0.4 is 5.32 Å². The van der Waals surface area contributed by atoms with Gasteiger partial charge in [0.15, 0.2) is 0 Å². The third kappa shape index (κ3) is 2.55. The molecule has 1 fully saturated rings. The second kappa shape index (κ2) is 5.34. The molecule has 1 aromatic carbocycles. The Hall–Kier alpha value is -1.12. The van der Waals surface area contributed by atoms with Crippen LogP contribution in [0.1, 0.15) is 51.6 Å². The maximum absolute atomic E-state index is 3.64. The molecule has 4 rings (SSSR count). The van der Waals surface area contributed by atoms with Crippen LogP contribution in [0.4, 0.5) is 0 Å². The topological polar surface area (TPSA) is 12.0 Å². The van der Waals surface area contributed by atoms with Crippen molar-refractivity contribution in [2.75, 3.05) is 0 Å². The summed E-state index contributed by atoms with van der Waals surface area (Å²) in [5.41, 5.74) is 4.69.